The van der Waals surface area contributed by atoms with Gasteiger partial charge in [0.2, 0.25) is 6.10 Å². The lowest BCUT2D eigenvalue weighted by Crippen LogP contribution is -2.55. The van der Waals surface area contributed by atoms with Crippen molar-refractivity contribution < 1.29 is 67.3 Å². The molecule has 7 nitrogen and oxygen atoms in total. The van der Waals surface area contributed by atoms with Crippen molar-refractivity contribution in [2.75, 3.05) is 39.3 Å². The van der Waals surface area contributed by atoms with Crippen LogP contribution in [0.3, 0.4) is 0 Å². The third kappa shape index (κ3) is 15.2. The summed E-state index contributed by atoms with van der Waals surface area (Å²) in [4.78, 5) is 17.4. The zero-order valence-electron chi connectivity index (χ0n) is 33.5. The molecule has 2 heterocycles. The van der Waals surface area contributed by atoms with Crippen LogP contribution in [-0.2, 0) is 17.8 Å². The van der Waals surface area contributed by atoms with Crippen LogP contribution in [0.15, 0.2) is 109 Å². The van der Waals surface area contributed by atoms with E-state index in [-0.39, 0.29) is 19.1 Å². The summed E-state index contributed by atoms with van der Waals surface area (Å²) in [5.41, 5.74) is 7.12. The highest BCUT2D eigenvalue weighted by molar-refractivity contribution is 5.68. The van der Waals surface area contributed by atoms with Gasteiger partial charge in [-0.1, -0.05) is 109 Å². The van der Waals surface area contributed by atoms with E-state index in [1.165, 1.54) is 16.7 Å². The van der Waals surface area contributed by atoms with E-state index in [0.717, 1.165) is 47.8 Å². The summed E-state index contributed by atoms with van der Waals surface area (Å²) in [5.74, 6) is 0. The van der Waals surface area contributed by atoms with Gasteiger partial charge in [0, 0.05) is 64.4 Å². The predicted octanol–water partition coefficient (Wildman–Crippen LogP) is 10.1. The first-order chi connectivity index (χ1) is 28.9. The number of rotatable bonds is 7. The Balaban J connectivity index is 0.000000238. The number of hydrogen-bond donors (Lipinski definition) is 2. The number of carbonyl (C=O) groups is 1. The lowest BCUT2D eigenvalue weighted by atomic mass is 10.0. The van der Waals surface area contributed by atoms with Gasteiger partial charge in [-0.05, 0) is 47.2 Å². The van der Waals surface area contributed by atoms with E-state index < -0.39 is 43.0 Å². The lowest BCUT2D eigenvalue weighted by molar-refractivity contribution is -0.309. The minimum atomic E-state index is -5.73. The van der Waals surface area contributed by atoms with E-state index in [1.807, 2.05) is 59.5 Å². The Morgan fingerprint density at radius 1 is 0.597 bits per heavy atom. The SMILES string of the molecule is CC1CN(C(=O)OC(C(F)(F)F)C(F)(F)F)CCN1Cc1ccc(-c2ccccc2)cc1.CC1CNCCN1Cc1ccc(-c2ccccc2)cc1.OC(C(F)(F)F)C(F)(F)F. The third-order valence-electron chi connectivity index (χ3n) is 9.99. The van der Waals surface area contributed by atoms with Crippen molar-refractivity contribution in [1.82, 2.24) is 20.0 Å². The molecule has 2 aliphatic rings. The Kier molecular flexibility index (Phi) is 17.3. The molecule has 2 N–H and O–H groups in total. The molecule has 4 aromatic rings. The first kappa shape index (κ1) is 49.8. The van der Waals surface area contributed by atoms with E-state index in [1.54, 1.807) is 6.92 Å². The van der Waals surface area contributed by atoms with Gasteiger partial charge in [-0.3, -0.25) is 9.80 Å². The number of nitrogens with zero attached hydrogens (tertiary/aromatic N) is 3. The van der Waals surface area contributed by atoms with Gasteiger partial charge in [0.1, 0.15) is 0 Å². The summed E-state index contributed by atoms with van der Waals surface area (Å²) in [6, 6.07) is 37.6. The maximum atomic E-state index is 12.6. The van der Waals surface area contributed by atoms with Crippen LogP contribution in [0.5, 0.6) is 0 Å². The van der Waals surface area contributed by atoms with E-state index in [4.69, 9.17) is 5.11 Å². The summed E-state index contributed by atoms with van der Waals surface area (Å²) in [7, 11) is 0. The number of ether oxygens (including phenoxy) is 1. The van der Waals surface area contributed by atoms with Crippen molar-refractivity contribution in [3.05, 3.63) is 120 Å². The Bertz CT molecular complexity index is 1920. The summed E-state index contributed by atoms with van der Waals surface area (Å²) < 4.78 is 145. The second-order valence-electron chi connectivity index (χ2n) is 14.7. The van der Waals surface area contributed by atoms with Crippen molar-refractivity contribution >= 4 is 6.09 Å². The highest BCUT2D eigenvalue weighted by Gasteiger charge is 2.60. The van der Waals surface area contributed by atoms with Gasteiger partial charge in [-0.2, -0.15) is 52.7 Å². The number of aliphatic hydroxyl groups is 1. The molecular formula is C43H46F12N4O3. The molecular weight excluding hydrogens is 848 g/mol. The highest BCUT2D eigenvalue weighted by Crippen LogP contribution is 2.36. The van der Waals surface area contributed by atoms with Crippen molar-refractivity contribution in [3.8, 4) is 22.3 Å². The number of halogens is 12. The third-order valence-corrected chi connectivity index (χ3v) is 9.99. The first-order valence-electron chi connectivity index (χ1n) is 19.3. The molecule has 62 heavy (non-hydrogen) atoms. The molecule has 6 rings (SSSR count). The fourth-order valence-electron chi connectivity index (χ4n) is 6.53. The van der Waals surface area contributed by atoms with Gasteiger partial charge in [0.15, 0.2) is 0 Å². The van der Waals surface area contributed by atoms with Crippen LogP contribution in [0.4, 0.5) is 57.5 Å². The molecule has 2 atom stereocenters. The van der Waals surface area contributed by atoms with Crippen LogP contribution in [0.1, 0.15) is 25.0 Å². The largest absolute Gasteiger partial charge is 0.434 e. The number of nitrogens with one attached hydrogen (secondary N) is 1. The molecule has 0 saturated carbocycles. The van der Waals surface area contributed by atoms with Crippen molar-refractivity contribution in [3.63, 3.8) is 0 Å². The quantitative estimate of drug-likeness (QED) is 0.180. The predicted molar refractivity (Wildman–Crippen MR) is 208 cm³/mol. The number of aliphatic hydroxyl groups excluding tert-OH is 1. The van der Waals surface area contributed by atoms with Gasteiger partial charge in [0.25, 0.3) is 6.10 Å². The number of carbonyl (C=O) groups excluding carboxylic acids is 1. The lowest BCUT2D eigenvalue weighted by Gasteiger charge is -2.39. The molecule has 0 radical (unpaired) electrons. The van der Waals surface area contributed by atoms with Crippen molar-refractivity contribution in [1.29, 1.82) is 0 Å². The van der Waals surface area contributed by atoms with Gasteiger partial charge in [0.05, 0.1) is 0 Å². The fourth-order valence-corrected chi connectivity index (χ4v) is 6.53. The van der Waals surface area contributed by atoms with Crippen molar-refractivity contribution in [2.24, 2.45) is 0 Å². The molecule has 0 aromatic heterocycles. The van der Waals surface area contributed by atoms with Crippen LogP contribution in [0.25, 0.3) is 22.3 Å². The van der Waals surface area contributed by atoms with Gasteiger partial charge in [-0.25, -0.2) is 4.79 Å². The van der Waals surface area contributed by atoms with Crippen molar-refractivity contribution in [2.45, 2.75) is 75.9 Å². The maximum Gasteiger partial charge on any atom is 0.434 e. The van der Waals surface area contributed by atoms with Crippen LogP contribution < -0.4 is 5.32 Å². The summed E-state index contributed by atoms with van der Waals surface area (Å²) >= 11 is 0. The molecule has 0 bridgehead atoms. The van der Waals surface area contributed by atoms with Gasteiger partial charge < -0.3 is 20.1 Å². The van der Waals surface area contributed by atoms with Gasteiger partial charge >= 0.3 is 30.8 Å². The van der Waals surface area contributed by atoms with E-state index in [2.05, 4.69) is 76.5 Å². The minimum Gasteiger partial charge on any atom is -0.426 e. The Hall–Kier alpha value is -4.85. The minimum absolute atomic E-state index is 0.0340. The average Bonchev–Trinajstić information content (AvgIpc) is 3.21. The normalized spacial score (nSPS) is 18.1. The zero-order chi connectivity index (χ0) is 45.9. The molecule has 2 unspecified atom stereocenters. The van der Waals surface area contributed by atoms with Crippen LogP contribution in [0, 0.1) is 0 Å². The molecule has 2 saturated heterocycles. The second-order valence-corrected chi connectivity index (χ2v) is 14.7. The molecule has 0 spiro atoms. The first-order valence-corrected chi connectivity index (χ1v) is 19.3. The molecule has 340 valence electrons. The molecule has 1 amide bonds. The number of amides is 1. The Labute approximate surface area is 350 Å². The Morgan fingerprint density at radius 2 is 1.00 bits per heavy atom. The summed E-state index contributed by atoms with van der Waals surface area (Å²) in [6.07, 6.45) is -32.7. The number of benzene rings is 4. The summed E-state index contributed by atoms with van der Waals surface area (Å²) in [6.45, 7) is 9.20. The van der Waals surface area contributed by atoms with Crippen LogP contribution in [-0.4, -0.2) is 114 Å². The monoisotopic (exact) mass is 894 g/mol. The van der Waals surface area contributed by atoms with E-state index in [0.29, 0.717) is 19.1 Å². The van der Waals surface area contributed by atoms with Crippen LogP contribution in [0.2, 0.25) is 0 Å². The second kappa shape index (κ2) is 21.5. The molecule has 0 aliphatic carbocycles. The number of hydrogen-bond acceptors (Lipinski definition) is 6. The molecule has 2 aliphatic heterocycles. The van der Waals surface area contributed by atoms with Gasteiger partial charge in [-0.15, -0.1) is 0 Å². The average molecular weight is 895 g/mol. The van der Waals surface area contributed by atoms with E-state index >= 15 is 0 Å². The number of alkyl halides is 12. The molecule has 19 heteroatoms. The Morgan fingerprint density at radius 3 is 1.35 bits per heavy atom. The smallest absolute Gasteiger partial charge is 0.426 e. The topological polar surface area (TPSA) is 68.3 Å². The molecule has 2 fully saturated rings. The van der Waals surface area contributed by atoms with Crippen LogP contribution >= 0.6 is 0 Å². The standard InChI is InChI=1S/C22H22F6N2O2.C18H22N2.C3H2F6O/c1-15-13-30(20(31)32-19(21(23,24)25)22(26,27)28)12-11-29(15)14-16-7-9-18(10-8-16)17-5-3-2-4-6-17;1-15-13-19-11-12-20(15)14-16-7-9-18(10-8-16)17-5-3-2-4-6-17;4-2(5,6)1(10)3(7,8)9/h2-10,15,19H,11-14H2,1H3;2-10,15,19H,11-14H2,1H3;1,10H. The number of piperazine rings is 2. The van der Waals surface area contributed by atoms with E-state index in [9.17, 15) is 57.5 Å². The molecule has 4 aromatic carbocycles. The highest BCUT2D eigenvalue weighted by atomic mass is 19.4. The zero-order valence-corrected chi connectivity index (χ0v) is 33.5. The summed E-state index contributed by atoms with van der Waals surface area (Å²) in [5, 5.41) is 10.9. The fraction of sp³-hybridized carbons (Fsp3) is 0.419. The maximum absolute atomic E-state index is 12.6.